The van der Waals surface area contributed by atoms with Gasteiger partial charge >= 0.3 is 0 Å². The zero-order chi connectivity index (χ0) is 13.2. The van der Waals surface area contributed by atoms with Crippen LogP contribution in [0.1, 0.15) is 5.56 Å². The van der Waals surface area contributed by atoms with E-state index in [0.717, 1.165) is 23.1 Å². The summed E-state index contributed by atoms with van der Waals surface area (Å²) in [6.45, 7) is 1.17. The Kier molecular flexibility index (Phi) is 3.13. The largest absolute Gasteiger partial charge is 0.497 e. The van der Waals surface area contributed by atoms with Crippen LogP contribution >= 0.6 is 0 Å². The number of methoxy groups -OCH3 is 1. The first kappa shape index (κ1) is 12.0. The predicted molar refractivity (Wildman–Crippen MR) is 71.3 cm³/mol. The van der Waals surface area contributed by atoms with Crippen molar-refractivity contribution in [3.8, 4) is 5.75 Å². The van der Waals surface area contributed by atoms with Crippen molar-refractivity contribution in [2.75, 3.05) is 20.3 Å². The average Bonchev–Trinajstić information content (AvgIpc) is 3.21. The molecule has 1 aliphatic heterocycles. The first-order chi connectivity index (χ1) is 9.28. The molecule has 1 amide bonds. The number of rotatable bonds is 5. The van der Waals surface area contributed by atoms with Crippen LogP contribution in [0, 0.1) is 0 Å². The lowest BCUT2D eigenvalue weighted by Gasteiger charge is -2.03. The molecule has 1 fully saturated rings. The summed E-state index contributed by atoms with van der Waals surface area (Å²) < 4.78 is 10.2. The molecule has 0 bridgehead atoms. The maximum absolute atomic E-state index is 11.4. The standard InChI is InChI=1S/C14H16N2O3/c1-18-10-2-3-12-11(6-10)9(7-16-12)4-5-15-14(17)13-8-19-13/h2-3,6-7,13,16H,4-5,8H2,1H3,(H,15,17). The molecule has 1 atom stereocenters. The Morgan fingerprint density at radius 3 is 3.16 bits per heavy atom. The Balaban J connectivity index is 1.67. The third-order valence-electron chi connectivity index (χ3n) is 3.29. The second kappa shape index (κ2) is 4.93. The summed E-state index contributed by atoms with van der Waals surface area (Å²) in [6.07, 6.45) is 2.54. The highest BCUT2D eigenvalue weighted by Gasteiger charge is 2.30. The summed E-state index contributed by atoms with van der Waals surface area (Å²) in [5.74, 6) is 0.821. The molecule has 1 aliphatic rings. The van der Waals surface area contributed by atoms with E-state index in [1.807, 2.05) is 24.4 Å². The van der Waals surface area contributed by atoms with Crippen molar-refractivity contribution in [1.29, 1.82) is 0 Å². The van der Waals surface area contributed by atoms with Crippen LogP contribution in [0.4, 0.5) is 0 Å². The van der Waals surface area contributed by atoms with E-state index in [1.165, 1.54) is 5.56 Å². The number of benzene rings is 1. The number of epoxide rings is 1. The zero-order valence-electron chi connectivity index (χ0n) is 10.7. The molecule has 0 radical (unpaired) electrons. The normalized spacial score (nSPS) is 17.4. The molecule has 0 aliphatic carbocycles. The highest BCUT2D eigenvalue weighted by atomic mass is 16.6. The first-order valence-electron chi connectivity index (χ1n) is 6.31. The van der Waals surface area contributed by atoms with Gasteiger partial charge in [0.1, 0.15) is 5.75 Å². The van der Waals surface area contributed by atoms with Crippen LogP contribution in [0.3, 0.4) is 0 Å². The molecule has 5 nitrogen and oxygen atoms in total. The maximum atomic E-state index is 11.4. The van der Waals surface area contributed by atoms with Crippen LogP contribution in [0.25, 0.3) is 10.9 Å². The molecule has 1 saturated heterocycles. The van der Waals surface area contributed by atoms with Crippen LogP contribution in [0.2, 0.25) is 0 Å². The lowest BCUT2D eigenvalue weighted by molar-refractivity contribution is -0.122. The van der Waals surface area contributed by atoms with Crippen LogP contribution in [0.5, 0.6) is 5.75 Å². The third kappa shape index (κ3) is 2.56. The van der Waals surface area contributed by atoms with Crippen molar-refractivity contribution in [1.82, 2.24) is 10.3 Å². The van der Waals surface area contributed by atoms with Gasteiger partial charge in [0.25, 0.3) is 5.91 Å². The number of hydrogen-bond donors (Lipinski definition) is 2. The molecule has 5 heteroatoms. The summed E-state index contributed by atoms with van der Waals surface area (Å²) in [5.41, 5.74) is 2.25. The molecule has 1 aromatic carbocycles. The monoisotopic (exact) mass is 260 g/mol. The van der Waals surface area contributed by atoms with E-state index in [9.17, 15) is 4.79 Å². The number of H-pyrrole nitrogens is 1. The van der Waals surface area contributed by atoms with E-state index in [4.69, 9.17) is 9.47 Å². The summed E-state index contributed by atoms with van der Waals surface area (Å²) in [5, 5.41) is 4.00. The fourth-order valence-corrected chi connectivity index (χ4v) is 2.13. The van der Waals surface area contributed by atoms with Crippen molar-refractivity contribution < 1.29 is 14.3 Å². The quantitative estimate of drug-likeness (QED) is 0.795. The Labute approximate surface area is 110 Å². The zero-order valence-corrected chi connectivity index (χ0v) is 10.7. The van der Waals surface area contributed by atoms with Gasteiger partial charge in [-0.1, -0.05) is 0 Å². The van der Waals surface area contributed by atoms with Gasteiger partial charge in [-0.2, -0.15) is 0 Å². The molecule has 1 aromatic heterocycles. The molecule has 2 aromatic rings. The molecule has 19 heavy (non-hydrogen) atoms. The summed E-state index contributed by atoms with van der Waals surface area (Å²) >= 11 is 0. The van der Waals surface area contributed by atoms with Crippen molar-refractivity contribution in [2.24, 2.45) is 0 Å². The number of hydrogen-bond acceptors (Lipinski definition) is 3. The molecule has 2 N–H and O–H groups in total. The van der Waals surface area contributed by atoms with Gasteiger partial charge in [-0.15, -0.1) is 0 Å². The van der Waals surface area contributed by atoms with Crippen LogP contribution in [0.15, 0.2) is 24.4 Å². The van der Waals surface area contributed by atoms with E-state index in [1.54, 1.807) is 7.11 Å². The number of carbonyl (C=O) groups excluding carboxylic acids is 1. The summed E-state index contributed by atoms with van der Waals surface area (Å²) in [7, 11) is 1.66. The second-order valence-electron chi connectivity index (χ2n) is 4.59. The van der Waals surface area contributed by atoms with Crippen molar-refractivity contribution in [3.05, 3.63) is 30.0 Å². The third-order valence-corrected chi connectivity index (χ3v) is 3.29. The van der Waals surface area contributed by atoms with Gasteiger partial charge < -0.3 is 19.8 Å². The summed E-state index contributed by atoms with van der Waals surface area (Å²) in [6, 6.07) is 5.93. The number of aromatic nitrogens is 1. The molecule has 1 unspecified atom stereocenters. The van der Waals surface area contributed by atoms with Crippen LogP contribution < -0.4 is 10.1 Å². The van der Waals surface area contributed by atoms with Crippen molar-refractivity contribution in [2.45, 2.75) is 12.5 Å². The van der Waals surface area contributed by atoms with Crippen molar-refractivity contribution >= 4 is 16.8 Å². The Bertz CT molecular complexity index is 602. The van der Waals surface area contributed by atoms with Gasteiger partial charge in [0.05, 0.1) is 13.7 Å². The number of amides is 1. The number of carbonyl (C=O) groups is 1. The fourth-order valence-electron chi connectivity index (χ4n) is 2.13. The minimum atomic E-state index is -0.219. The van der Waals surface area contributed by atoms with E-state index in [0.29, 0.717) is 13.2 Å². The average molecular weight is 260 g/mol. The van der Waals surface area contributed by atoms with E-state index >= 15 is 0 Å². The minimum Gasteiger partial charge on any atom is -0.497 e. The van der Waals surface area contributed by atoms with Crippen LogP contribution in [-0.2, 0) is 16.0 Å². The van der Waals surface area contributed by atoms with Crippen molar-refractivity contribution in [3.63, 3.8) is 0 Å². The molecule has 0 saturated carbocycles. The lowest BCUT2D eigenvalue weighted by atomic mass is 10.1. The van der Waals surface area contributed by atoms with E-state index in [2.05, 4.69) is 10.3 Å². The molecule has 3 rings (SSSR count). The number of nitrogens with one attached hydrogen (secondary N) is 2. The predicted octanol–water partition coefficient (Wildman–Crippen LogP) is 1.23. The van der Waals surface area contributed by atoms with Gasteiger partial charge in [-0.3, -0.25) is 4.79 Å². The first-order valence-corrected chi connectivity index (χ1v) is 6.31. The smallest absolute Gasteiger partial charge is 0.251 e. The summed E-state index contributed by atoms with van der Waals surface area (Å²) in [4.78, 5) is 14.7. The Morgan fingerprint density at radius 1 is 1.58 bits per heavy atom. The van der Waals surface area contributed by atoms with Gasteiger partial charge in [0, 0.05) is 23.6 Å². The number of fused-ring (bicyclic) bond motifs is 1. The molecule has 2 heterocycles. The molecular weight excluding hydrogens is 244 g/mol. The second-order valence-corrected chi connectivity index (χ2v) is 4.59. The highest BCUT2D eigenvalue weighted by Crippen LogP contribution is 2.23. The van der Waals surface area contributed by atoms with Gasteiger partial charge in [0.2, 0.25) is 0 Å². The number of aromatic amines is 1. The SMILES string of the molecule is COc1ccc2[nH]cc(CCNC(=O)C3CO3)c2c1. The minimum absolute atomic E-state index is 0.0163. The Hall–Kier alpha value is -2.01. The van der Waals surface area contributed by atoms with Gasteiger partial charge in [0.15, 0.2) is 6.10 Å². The fraction of sp³-hybridized carbons (Fsp3) is 0.357. The maximum Gasteiger partial charge on any atom is 0.251 e. The molecule has 0 spiro atoms. The van der Waals surface area contributed by atoms with Gasteiger partial charge in [-0.25, -0.2) is 0 Å². The van der Waals surface area contributed by atoms with Crippen LogP contribution in [-0.4, -0.2) is 37.3 Å². The van der Waals surface area contributed by atoms with E-state index in [-0.39, 0.29) is 12.0 Å². The molecular formula is C14H16N2O3. The Morgan fingerprint density at radius 2 is 2.42 bits per heavy atom. The van der Waals surface area contributed by atoms with Gasteiger partial charge in [-0.05, 0) is 30.2 Å². The number of ether oxygens (including phenoxy) is 2. The van der Waals surface area contributed by atoms with E-state index < -0.39 is 0 Å². The topological polar surface area (TPSA) is 66.6 Å². The highest BCUT2D eigenvalue weighted by molar-refractivity contribution is 5.85. The lowest BCUT2D eigenvalue weighted by Crippen LogP contribution is -2.29. The molecule has 100 valence electrons.